The van der Waals surface area contributed by atoms with Gasteiger partial charge in [-0.2, -0.15) is 0 Å². The molecule has 1 aliphatic heterocycles. The Kier molecular flexibility index (Phi) is 5.53. The molecule has 0 unspecified atom stereocenters. The zero-order valence-corrected chi connectivity index (χ0v) is 12.4. The van der Waals surface area contributed by atoms with Gasteiger partial charge in [0.05, 0.1) is 12.3 Å². The van der Waals surface area contributed by atoms with Gasteiger partial charge in [-0.25, -0.2) is 0 Å². The quantitative estimate of drug-likeness (QED) is 0.812. The van der Waals surface area contributed by atoms with E-state index in [4.69, 9.17) is 4.74 Å². The number of Topliss-reactive ketones (excluding diaryl/α,β-unsaturated/α-hetero) is 1. The van der Waals surface area contributed by atoms with E-state index >= 15 is 0 Å². The van der Waals surface area contributed by atoms with Crippen LogP contribution in [-0.4, -0.2) is 30.0 Å². The average molecular weight is 276 g/mol. The highest BCUT2D eigenvalue weighted by atomic mass is 16.5. The third-order valence-corrected chi connectivity index (χ3v) is 3.65. The van der Waals surface area contributed by atoms with Crippen LogP contribution >= 0.6 is 0 Å². The zero-order chi connectivity index (χ0) is 14.4. The lowest BCUT2D eigenvalue weighted by Crippen LogP contribution is -2.28. The summed E-state index contributed by atoms with van der Waals surface area (Å²) < 4.78 is 5.58. The number of ketones is 1. The molecular formula is C16H24N2O2. The van der Waals surface area contributed by atoms with E-state index in [0.29, 0.717) is 23.7 Å². The maximum absolute atomic E-state index is 12.2. The van der Waals surface area contributed by atoms with Crippen LogP contribution in [0.1, 0.15) is 49.9 Å². The summed E-state index contributed by atoms with van der Waals surface area (Å²) >= 11 is 0. The fourth-order valence-electron chi connectivity index (χ4n) is 2.56. The third kappa shape index (κ3) is 4.60. The van der Waals surface area contributed by atoms with Crippen molar-refractivity contribution in [3.8, 4) is 5.75 Å². The summed E-state index contributed by atoms with van der Waals surface area (Å²) in [5, 5.41) is 3.35. The molecule has 4 nitrogen and oxygen atoms in total. The molecule has 1 aliphatic rings. The molecule has 1 fully saturated rings. The fourth-order valence-corrected chi connectivity index (χ4v) is 2.56. The van der Waals surface area contributed by atoms with E-state index in [2.05, 4.69) is 10.3 Å². The zero-order valence-electron chi connectivity index (χ0n) is 12.4. The Morgan fingerprint density at radius 1 is 1.40 bits per heavy atom. The second-order valence-electron chi connectivity index (χ2n) is 5.73. The minimum absolute atomic E-state index is 0.0943. The Bertz CT molecular complexity index is 440. The number of aromatic nitrogens is 1. The first-order valence-corrected chi connectivity index (χ1v) is 7.51. The van der Waals surface area contributed by atoms with Crippen LogP contribution in [-0.2, 0) is 0 Å². The van der Waals surface area contributed by atoms with Crippen LogP contribution in [0, 0.1) is 5.92 Å². The number of hydrogen-bond donors (Lipinski definition) is 1. The molecular weight excluding hydrogens is 252 g/mol. The van der Waals surface area contributed by atoms with Gasteiger partial charge in [0.1, 0.15) is 5.75 Å². The van der Waals surface area contributed by atoms with Crippen molar-refractivity contribution in [1.82, 2.24) is 10.3 Å². The molecule has 0 saturated carbocycles. The first-order chi connectivity index (χ1) is 9.65. The number of nitrogens with zero attached hydrogens (tertiary/aromatic N) is 1. The summed E-state index contributed by atoms with van der Waals surface area (Å²) in [4.78, 5) is 16.3. The molecule has 0 atom stereocenters. The van der Waals surface area contributed by atoms with Crippen LogP contribution in [0.25, 0.3) is 0 Å². The molecule has 0 radical (unpaired) electrons. The molecule has 1 saturated heterocycles. The Balaban J connectivity index is 1.88. The van der Waals surface area contributed by atoms with Gasteiger partial charge in [-0.1, -0.05) is 0 Å². The highest BCUT2D eigenvalue weighted by Gasteiger charge is 2.15. The van der Waals surface area contributed by atoms with Gasteiger partial charge >= 0.3 is 0 Å². The Morgan fingerprint density at radius 2 is 2.15 bits per heavy atom. The van der Waals surface area contributed by atoms with Crippen molar-refractivity contribution >= 4 is 5.78 Å². The normalized spacial score (nSPS) is 16.4. The van der Waals surface area contributed by atoms with Crippen LogP contribution in [0.4, 0.5) is 0 Å². The summed E-state index contributed by atoms with van der Waals surface area (Å²) in [6.07, 6.45) is 7.34. The van der Waals surface area contributed by atoms with Crippen LogP contribution in [0.2, 0.25) is 0 Å². The molecule has 110 valence electrons. The van der Waals surface area contributed by atoms with Gasteiger partial charge in [0, 0.05) is 18.2 Å². The molecule has 0 aromatic carbocycles. The van der Waals surface area contributed by atoms with Gasteiger partial charge < -0.3 is 10.1 Å². The average Bonchev–Trinajstić information content (AvgIpc) is 2.45. The lowest BCUT2D eigenvalue weighted by atomic mass is 9.91. The summed E-state index contributed by atoms with van der Waals surface area (Å²) in [5.41, 5.74) is 0.664. The molecule has 0 spiro atoms. The SMILES string of the molecule is CC(C)Oc1cncc(C(=O)CCC2CCNCC2)c1. The number of nitrogens with one attached hydrogen (secondary N) is 1. The van der Waals surface area contributed by atoms with E-state index in [1.807, 2.05) is 13.8 Å². The molecule has 0 aliphatic carbocycles. The van der Waals surface area contributed by atoms with Crippen molar-refractivity contribution in [2.45, 2.75) is 45.6 Å². The van der Waals surface area contributed by atoms with Crippen molar-refractivity contribution in [2.24, 2.45) is 5.92 Å². The highest BCUT2D eigenvalue weighted by molar-refractivity contribution is 5.96. The molecule has 2 rings (SSSR count). The summed E-state index contributed by atoms with van der Waals surface area (Å²) in [6.45, 7) is 6.09. The van der Waals surface area contributed by atoms with Crippen LogP contribution in [0.3, 0.4) is 0 Å². The fraction of sp³-hybridized carbons (Fsp3) is 0.625. The highest BCUT2D eigenvalue weighted by Crippen LogP contribution is 2.20. The Hall–Kier alpha value is -1.42. The molecule has 1 aromatic rings. The van der Waals surface area contributed by atoms with Gasteiger partial charge in [-0.15, -0.1) is 0 Å². The maximum Gasteiger partial charge on any atom is 0.164 e. The summed E-state index contributed by atoms with van der Waals surface area (Å²) in [5.74, 6) is 1.53. The van der Waals surface area contributed by atoms with Gasteiger partial charge in [0.15, 0.2) is 5.78 Å². The Morgan fingerprint density at radius 3 is 2.85 bits per heavy atom. The predicted octanol–water partition coefficient (Wildman–Crippen LogP) is 2.83. The van der Waals surface area contributed by atoms with Crippen LogP contribution in [0.15, 0.2) is 18.5 Å². The molecule has 0 amide bonds. The molecule has 2 heterocycles. The van der Waals surface area contributed by atoms with Gasteiger partial charge in [-0.05, 0) is 58.2 Å². The number of rotatable bonds is 6. The first-order valence-electron chi connectivity index (χ1n) is 7.51. The largest absolute Gasteiger partial charge is 0.489 e. The van der Waals surface area contributed by atoms with E-state index in [0.717, 1.165) is 19.5 Å². The summed E-state index contributed by atoms with van der Waals surface area (Å²) in [6, 6.07) is 1.80. The monoisotopic (exact) mass is 276 g/mol. The number of carbonyl (C=O) groups excluding carboxylic acids is 1. The lowest BCUT2D eigenvalue weighted by Gasteiger charge is -2.22. The molecule has 4 heteroatoms. The van der Waals surface area contributed by atoms with E-state index < -0.39 is 0 Å². The van der Waals surface area contributed by atoms with Gasteiger partial charge in [-0.3, -0.25) is 9.78 Å². The number of hydrogen-bond acceptors (Lipinski definition) is 4. The van der Waals surface area contributed by atoms with Gasteiger partial charge in [0.2, 0.25) is 0 Å². The lowest BCUT2D eigenvalue weighted by molar-refractivity contribution is 0.0969. The van der Waals surface area contributed by atoms with E-state index in [1.54, 1.807) is 18.5 Å². The number of carbonyl (C=O) groups is 1. The standard InChI is InChI=1S/C16H24N2O2/c1-12(2)20-15-9-14(10-18-11-15)16(19)4-3-13-5-7-17-8-6-13/h9-13,17H,3-8H2,1-2H3. The smallest absolute Gasteiger partial charge is 0.164 e. The van der Waals surface area contributed by atoms with E-state index in [-0.39, 0.29) is 11.9 Å². The van der Waals surface area contributed by atoms with E-state index in [1.165, 1.54) is 12.8 Å². The number of ether oxygens (including phenoxy) is 1. The predicted molar refractivity (Wildman–Crippen MR) is 79.2 cm³/mol. The third-order valence-electron chi connectivity index (χ3n) is 3.65. The molecule has 0 bridgehead atoms. The van der Waals surface area contributed by atoms with Crippen molar-refractivity contribution in [2.75, 3.05) is 13.1 Å². The second-order valence-corrected chi connectivity index (χ2v) is 5.73. The first kappa shape index (κ1) is 15.0. The molecule has 20 heavy (non-hydrogen) atoms. The van der Waals surface area contributed by atoms with Crippen molar-refractivity contribution in [3.05, 3.63) is 24.0 Å². The molecule has 1 aromatic heterocycles. The number of pyridine rings is 1. The minimum atomic E-state index is 0.0943. The maximum atomic E-state index is 12.2. The van der Waals surface area contributed by atoms with Crippen LogP contribution in [0.5, 0.6) is 5.75 Å². The second kappa shape index (κ2) is 7.39. The van der Waals surface area contributed by atoms with Crippen molar-refractivity contribution < 1.29 is 9.53 Å². The van der Waals surface area contributed by atoms with Crippen molar-refractivity contribution in [3.63, 3.8) is 0 Å². The van der Waals surface area contributed by atoms with Gasteiger partial charge in [0.25, 0.3) is 0 Å². The Labute approximate surface area is 120 Å². The summed E-state index contributed by atoms with van der Waals surface area (Å²) in [7, 11) is 0. The minimum Gasteiger partial charge on any atom is -0.489 e. The topological polar surface area (TPSA) is 51.2 Å². The number of piperidine rings is 1. The van der Waals surface area contributed by atoms with Crippen LogP contribution < -0.4 is 10.1 Å². The van der Waals surface area contributed by atoms with E-state index in [9.17, 15) is 4.79 Å². The van der Waals surface area contributed by atoms with Crippen molar-refractivity contribution in [1.29, 1.82) is 0 Å². The molecule has 1 N–H and O–H groups in total.